The number of hydrogen-bond acceptors (Lipinski definition) is 3. The Bertz CT molecular complexity index is 581. The molecule has 1 N–H and O–H groups in total. The van der Waals surface area contributed by atoms with Crippen molar-refractivity contribution >= 4 is 6.09 Å². The molecule has 4 heteroatoms. The minimum atomic E-state index is -0.440. The van der Waals surface area contributed by atoms with Gasteiger partial charge < -0.3 is 15.0 Å². The van der Waals surface area contributed by atoms with Crippen LogP contribution in [0.25, 0.3) is 0 Å². The van der Waals surface area contributed by atoms with Crippen LogP contribution in [0.4, 0.5) is 4.79 Å². The van der Waals surface area contributed by atoms with Crippen molar-refractivity contribution in [2.24, 2.45) is 17.8 Å². The molecule has 1 aliphatic heterocycles. The molecular weight excluding hydrogens is 312 g/mol. The molecule has 1 unspecified atom stereocenters. The van der Waals surface area contributed by atoms with Crippen molar-refractivity contribution in [1.82, 2.24) is 10.2 Å². The van der Waals surface area contributed by atoms with Gasteiger partial charge in [-0.25, -0.2) is 4.79 Å². The van der Waals surface area contributed by atoms with Crippen LogP contribution in [0.3, 0.4) is 0 Å². The van der Waals surface area contributed by atoms with Crippen LogP contribution in [0.2, 0.25) is 0 Å². The molecule has 1 saturated carbocycles. The van der Waals surface area contributed by atoms with Crippen molar-refractivity contribution in [3.63, 3.8) is 0 Å². The lowest BCUT2D eigenvalue weighted by molar-refractivity contribution is 0.0197. The third kappa shape index (κ3) is 4.55. The fourth-order valence-corrected chi connectivity index (χ4v) is 4.50. The summed E-state index contributed by atoms with van der Waals surface area (Å²) in [4.78, 5) is 14.7. The summed E-state index contributed by atoms with van der Waals surface area (Å²) in [7, 11) is 0. The van der Waals surface area contributed by atoms with Crippen LogP contribution in [0.5, 0.6) is 0 Å². The maximum absolute atomic E-state index is 12.7. The van der Waals surface area contributed by atoms with E-state index in [1.54, 1.807) is 0 Å². The normalized spacial score (nSPS) is 28.9. The Balaban J connectivity index is 1.64. The fourth-order valence-electron chi connectivity index (χ4n) is 4.50. The Morgan fingerprint density at radius 2 is 1.96 bits per heavy atom. The van der Waals surface area contributed by atoms with Crippen LogP contribution in [0.15, 0.2) is 30.3 Å². The van der Waals surface area contributed by atoms with Gasteiger partial charge >= 0.3 is 6.09 Å². The molecule has 4 atom stereocenters. The van der Waals surface area contributed by atoms with Crippen LogP contribution in [-0.4, -0.2) is 35.7 Å². The molecule has 0 radical (unpaired) electrons. The van der Waals surface area contributed by atoms with Gasteiger partial charge in [0.05, 0.1) is 6.04 Å². The number of hydrogen-bond donors (Lipinski definition) is 1. The van der Waals surface area contributed by atoms with Crippen LogP contribution < -0.4 is 5.32 Å². The molecule has 1 aromatic rings. The van der Waals surface area contributed by atoms with Gasteiger partial charge in [0.15, 0.2) is 0 Å². The predicted molar refractivity (Wildman–Crippen MR) is 100 cm³/mol. The van der Waals surface area contributed by atoms with Crippen molar-refractivity contribution in [2.75, 3.05) is 13.1 Å². The SMILES string of the molecule is CC1C[C@H]2CN(C(=O)OC(C)(C)C)[C@H](CNCc3ccccc3)[C@H]2C1. The number of carbonyl (C=O) groups excluding carboxylic acids is 1. The van der Waals surface area contributed by atoms with E-state index in [1.165, 1.54) is 18.4 Å². The molecule has 0 spiro atoms. The summed E-state index contributed by atoms with van der Waals surface area (Å²) in [5.41, 5.74) is 0.838. The summed E-state index contributed by atoms with van der Waals surface area (Å²) in [6, 6.07) is 10.7. The number of rotatable bonds is 4. The highest BCUT2D eigenvalue weighted by molar-refractivity contribution is 5.69. The molecule has 4 nitrogen and oxygen atoms in total. The molecule has 2 fully saturated rings. The van der Waals surface area contributed by atoms with Crippen molar-refractivity contribution < 1.29 is 9.53 Å². The van der Waals surface area contributed by atoms with E-state index in [4.69, 9.17) is 4.74 Å². The second-order valence-corrected chi connectivity index (χ2v) is 8.82. The zero-order valence-corrected chi connectivity index (χ0v) is 16.0. The first-order valence-corrected chi connectivity index (χ1v) is 9.58. The molecule has 1 saturated heterocycles. The summed E-state index contributed by atoms with van der Waals surface area (Å²) in [5, 5.41) is 3.57. The van der Waals surface area contributed by atoms with Gasteiger partial charge in [-0.2, -0.15) is 0 Å². The standard InChI is InChI=1S/C21H32N2O2/c1-15-10-17-14-23(20(24)25-21(2,3)4)19(18(17)11-15)13-22-12-16-8-6-5-7-9-16/h5-9,15,17-19,22H,10-14H2,1-4H3/t15?,17-,18-,19+/m0/s1. The quantitative estimate of drug-likeness (QED) is 0.895. The average Bonchev–Trinajstić information content (AvgIpc) is 3.04. The molecular formula is C21H32N2O2. The van der Waals surface area contributed by atoms with E-state index in [0.29, 0.717) is 11.8 Å². The minimum Gasteiger partial charge on any atom is -0.444 e. The molecule has 1 aliphatic carbocycles. The zero-order valence-electron chi connectivity index (χ0n) is 16.0. The number of ether oxygens (including phenoxy) is 1. The van der Waals surface area contributed by atoms with Crippen molar-refractivity contribution in [2.45, 2.75) is 58.7 Å². The van der Waals surface area contributed by atoms with Gasteiger partial charge in [-0.1, -0.05) is 37.3 Å². The fraction of sp³-hybridized carbons (Fsp3) is 0.667. The second-order valence-electron chi connectivity index (χ2n) is 8.82. The highest BCUT2D eigenvalue weighted by atomic mass is 16.6. The van der Waals surface area contributed by atoms with Crippen molar-refractivity contribution in [1.29, 1.82) is 0 Å². The molecule has 1 amide bonds. The van der Waals surface area contributed by atoms with E-state index in [0.717, 1.165) is 25.6 Å². The first kappa shape index (κ1) is 18.2. The second kappa shape index (κ2) is 7.36. The average molecular weight is 344 g/mol. The van der Waals surface area contributed by atoms with E-state index in [9.17, 15) is 4.79 Å². The summed E-state index contributed by atoms with van der Waals surface area (Å²) >= 11 is 0. The summed E-state index contributed by atoms with van der Waals surface area (Å²) in [5.74, 6) is 2.00. The molecule has 0 bridgehead atoms. The first-order valence-electron chi connectivity index (χ1n) is 9.58. The van der Waals surface area contributed by atoms with Gasteiger partial charge in [0.25, 0.3) is 0 Å². The van der Waals surface area contributed by atoms with Gasteiger partial charge in [0.1, 0.15) is 5.60 Å². The van der Waals surface area contributed by atoms with Gasteiger partial charge in [-0.05, 0) is 56.9 Å². The molecule has 25 heavy (non-hydrogen) atoms. The number of benzene rings is 1. The Hall–Kier alpha value is -1.55. The van der Waals surface area contributed by atoms with Crippen LogP contribution >= 0.6 is 0 Å². The predicted octanol–water partition coefficient (Wildman–Crippen LogP) is 4.06. The molecule has 138 valence electrons. The molecule has 3 rings (SSSR count). The van der Waals surface area contributed by atoms with Crippen LogP contribution in [0, 0.1) is 17.8 Å². The Morgan fingerprint density at radius 3 is 2.64 bits per heavy atom. The third-order valence-electron chi connectivity index (χ3n) is 5.46. The molecule has 2 aliphatic rings. The number of nitrogens with one attached hydrogen (secondary N) is 1. The Kier molecular flexibility index (Phi) is 5.38. The van der Waals surface area contributed by atoms with E-state index in [-0.39, 0.29) is 12.1 Å². The largest absolute Gasteiger partial charge is 0.444 e. The lowest BCUT2D eigenvalue weighted by atomic mass is 9.94. The number of nitrogens with zero attached hydrogens (tertiary/aromatic N) is 1. The molecule has 1 aromatic carbocycles. The van der Waals surface area contributed by atoms with E-state index >= 15 is 0 Å². The van der Waals surface area contributed by atoms with Gasteiger partial charge in [0.2, 0.25) is 0 Å². The first-order chi connectivity index (χ1) is 11.8. The highest BCUT2D eigenvalue weighted by Gasteiger charge is 2.48. The maximum Gasteiger partial charge on any atom is 0.410 e. The Labute approximate surface area is 151 Å². The van der Waals surface area contributed by atoms with Crippen molar-refractivity contribution in [3.05, 3.63) is 35.9 Å². The molecule has 1 heterocycles. The highest BCUT2D eigenvalue weighted by Crippen LogP contribution is 2.45. The third-order valence-corrected chi connectivity index (χ3v) is 5.46. The number of carbonyl (C=O) groups is 1. The molecule has 0 aromatic heterocycles. The lowest BCUT2D eigenvalue weighted by Crippen LogP contribution is -2.46. The zero-order chi connectivity index (χ0) is 18.0. The topological polar surface area (TPSA) is 41.6 Å². The number of amides is 1. The number of fused-ring (bicyclic) bond motifs is 1. The summed E-state index contributed by atoms with van der Waals surface area (Å²) in [6.45, 7) is 10.7. The summed E-state index contributed by atoms with van der Waals surface area (Å²) in [6.07, 6.45) is 2.31. The lowest BCUT2D eigenvalue weighted by Gasteiger charge is -2.31. The van der Waals surface area contributed by atoms with E-state index in [1.807, 2.05) is 31.7 Å². The minimum absolute atomic E-state index is 0.152. The van der Waals surface area contributed by atoms with Crippen LogP contribution in [-0.2, 0) is 11.3 Å². The van der Waals surface area contributed by atoms with Crippen LogP contribution in [0.1, 0.15) is 46.1 Å². The van der Waals surface area contributed by atoms with Crippen molar-refractivity contribution in [3.8, 4) is 0 Å². The summed E-state index contributed by atoms with van der Waals surface area (Å²) < 4.78 is 5.67. The van der Waals surface area contributed by atoms with Gasteiger partial charge in [-0.15, -0.1) is 0 Å². The van der Waals surface area contributed by atoms with E-state index in [2.05, 4.69) is 36.5 Å². The monoisotopic (exact) mass is 344 g/mol. The maximum atomic E-state index is 12.7. The van der Waals surface area contributed by atoms with Gasteiger partial charge in [-0.3, -0.25) is 0 Å². The van der Waals surface area contributed by atoms with E-state index < -0.39 is 5.60 Å². The number of likely N-dealkylation sites (tertiary alicyclic amines) is 1. The van der Waals surface area contributed by atoms with Gasteiger partial charge in [0, 0.05) is 19.6 Å². The Morgan fingerprint density at radius 1 is 1.24 bits per heavy atom. The smallest absolute Gasteiger partial charge is 0.410 e.